The first-order chi connectivity index (χ1) is 11.0. The van der Waals surface area contributed by atoms with Crippen LogP contribution in [0, 0.1) is 0 Å². The molecule has 0 bridgehead atoms. The molecule has 0 saturated heterocycles. The number of anilines is 1. The van der Waals surface area contributed by atoms with E-state index in [4.69, 9.17) is 23.2 Å². The van der Waals surface area contributed by atoms with E-state index < -0.39 is 6.04 Å². The number of likely N-dealkylation sites (N-methyl/N-ethyl adjacent to an activating group) is 1. The quantitative estimate of drug-likeness (QED) is 0.768. The van der Waals surface area contributed by atoms with Crippen molar-refractivity contribution in [2.24, 2.45) is 4.99 Å². The van der Waals surface area contributed by atoms with E-state index in [1.165, 1.54) is 0 Å². The number of amides is 1. The zero-order chi connectivity index (χ0) is 16.6. The maximum atomic E-state index is 12.8. The molecule has 1 heterocycles. The molecule has 6 heteroatoms. The highest BCUT2D eigenvalue weighted by molar-refractivity contribution is 6.70. The molecule has 23 heavy (non-hydrogen) atoms. The highest BCUT2D eigenvalue weighted by Gasteiger charge is 2.29. The maximum absolute atomic E-state index is 12.8. The number of halogens is 2. The maximum Gasteiger partial charge on any atom is 0.251 e. The summed E-state index contributed by atoms with van der Waals surface area (Å²) in [6, 6.07) is 12.7. The molecule has 3 rings (SSSR count). The average molecular weight is 345 g/mol. The normalized spacial score (nSPS) is 17.5. The number of fused-ring (bicyclic) bond motifs is 1. The fourth-order valence-electron chi connectivity index (χ4n) is 2.75. The largest absolute Gasteiger partial charge is 0.313 e. The lowest BCUT2D eigenvalue weighted by Gasteiger charge is -2.21. The molecule has 0 spiro atoms. The van der Waals surface area contributed by atoms with E-state index in [1.807, 2.05) is 32.1 Å². The van der Waals surface area contributed by atoms with Gasteiger partial charge >= 0.3 is 0 Å². The van der Waals surface area contributed by atoms with Gasteiger partial charge in [-0.2, -0.15) is 0 Å². The number of carbonyl (C=O) groups excluding carboxylic acids is 1. The van der Waals surface area contributed by atoms with E-state index in [0.29, 0.717) is 22.2 Å². The Kier molecular flexibility index (Phi) is 4.47. The van der Waals surface area contributed by atoms with Gasteiger partial charge in [0.05, 0.1) is 5.69 Å². The van der Waals surface area contributed by atoms with Crippen molar-refractivity contribution in [2.45, 2.75) is 12.5 Å². The Morgan fingerprint density at radius 3 is 2.70 bits per heavy atom. The van der Waals surface area contributed by atoms with Gasteiger partial charge in [-0.05, 0) is 18.2 Å². The predicted molar refractivity (Wildman–Crippen MR) is 99.4 cm³/mol. The van der Waals surface area contributed by atoms with Gasteiger partial charge in [-0.1, -0.05) is 58.5 Å². The fourth-order valence-corrected chi connectivity index (χ4v) is 3.19. The van der Waals surface area contributed by atoms with Gasteiger partial charge in [0.1, 0.15) is 19.1 Å². The minimum atomic E-state index is -0.542. The summed E-state index contributed by atoms with van der Waals surface area (Å²) in [7, 11) is 3.77. The molecule has 2 aromatic rings. The second kappa shape index (κ2) is 6.38. The summed E-state index contributed by atoms with van der Waals surface area (Å²) in [5, 5.41) is 0.883. The summed E-state index contributed by atoms with van der Waals surface area (Å²) in [5.41, 5.74) is 3.64. The molecule has 0 N–H and O–H groups in total. The van der Waals surface area contributed by atoms with Crippen LogP contribution in [0.3, 0.4) is 0 Å². The number of aliphatic imine (C=N–C) groups is 1. The first kappa shape index (κ1) is 16.1. The van der Waals surface area contributed by atoms with Crippen molar-refractivity contribution in [1.82, 2.24) is 0 Å². The Labute approximate surface area is 146 Å². The van der Waals surface area contributed by atoms with Crippen LogP contribution in [-0.2, 0) is 11.2 Å². The third-order valence-electron chi connectivity index (χ3n) is 4.10. The number of carbonyl (C=O) groups is 1. The van der Waals surface area contributed by atoms with Crippen molar-refractivity contribution in [3.63, 3.8) is 0 Å². The standard InChI is InChI=1S/C17H15BCl2N2O/c1-22-15-7-6-11(19)9-12(15)16(20)21-14(17(22)23)8-10-4-2-3-5-13(10)18/h2-7,9,14H,8,18H2,1H3. The van der Waals surface area contributed by atoms with Crippen molar-refractivity contribution >= 4 is 53.3 Å². The van der Waals surface area contributed by atoms with Crippen LogP contribution >= 0.6 is 23.2 Å². The van der Waals surface area contributed by atoms with E-state index in [1.54, 1.807) is 30.1 Å². The van der Waals surface area contributed by atoms with Crippen LogP contribution in [0.25, 0.3) is 0 Å². The topological polar surface area (TPSA) is 32.7 Å². The molecule has 0 aliphatic carbocycles. The molecule has 1 amide bonds. The van der Waals surface area contributed by atoms with E-state index in [0.717, 1.165) is 16.7 Å². The van der Waals surface area contributed by atoms with E-state index >= 15 is 0 Å². The molecule has 116 valence electrons. The lowest BCUT2D eigenvalue weighted by atomic mass is 9.87. The number of benzene rings is 2. The van der Waals surface area contributed by atoms with Crippen LogP contribution in [0.1, 0.15) is 11.1 Å². The molecule has 0 aromatic heterocycles. The highest BCUT2D eigenvalue weighted by Crippen LogP contribution is 2.29. The lowest BCUT2D eigenvalue weighted by Crippen LogP contribution is -2.36. The third-order valence-corrected chi connectivity index (χ3v) is 4.64. The number of hydrogen-bond donors (Lipinski definition) is 0. The SMILES string of the molecule is Bc1ccccc1CC1N=C(Cl)c2cc(Cl)ccc2N(C)C1=O. The van der Waals surface area contributed by atoms with E-state index in [-0.39, 0.29) is 5.91 Å². The van der Waals surface area contributed by atoms with Crippen molar-refractivity contribution in [2.75, 3.05) is 11.9 Å². The monoisotopic (exact) mass is 344 g/mol. The van der Waals surface area contributed by atoms with Gasteiger partial charge in [0.25, 0.3) is 5.91 Å². The molecule has 1 aliphatic rings. The minimum absolute atomic E-state index is 0.0764. The number of benzodiazepines with no additional fused rings is 1. The van der Waals surface area contributed by atoms with Gasteiger partial charge in [-0.15, -0.1) is 0 Å². The molecule has 0 fully saturated rings. The summed E-state index contributed by atoms with van der Waals surface area (Å²) in [6.07, 6.45) is 0.522. The van der Waals surface area contributed by atoms with Gasteiger partial charge < -0.3 is 4.90 Å². The van der Waals surface area contributed by atoms with Crippen LogP contribution in [0.5, 0.6) is 0 Å². The molecule has 0 saturated carbocycles. The van der Waals surface area contributed by atoms with Crippen molar-refractivity contribution in [1.29, 1.82) is 0 Å². The second-order valence-corrected chi connectivity index (χ2v) is 6.42. The van der Waals surface area contributed by atoms with E-state index in [9.17, 15) is 4.79 Å². The van der Waals surface area contributed by atoms with Gasteiger partial charge in [0.2, 0.25) is 0 Å². The Morgan fingerprint density at radius 1 is 1.22 bits per heavy atom. The van der Waals surface area contributed by atoms with Crippen LogP contribution in [0.4, 0.5) is 5.69 Å². The Morgan fingerprint density at radius 2 is 1.96 bits per heavy atom. The zero-order valence-electron chi connectivity index (χ0n) is 12.9. The summed E-state index contributed by atoms with van der Waals surface area (Å²) >= 11 is 12.4. The molecule has 3 nitrogen and oxygen atoms in total. The van der Waals surface area contributed by atoms with Gasteiger partial charge in [0, 0.05) is 24.1 Å². The first-order valence-electron chi connectivity index (χ1n) is 7.32. The first-order valence-corrected chi connectivity index (χ1v) is 8.08. The Bertz CT molecular complexity index is 807. The van der Waals surface area contributed by atoms with Crippen molar-refractivity contribution in [3.8, 4) is 0 Å². The van der Waals surface area contributed by atoms with Gasteiger partial charge in [-0.25, -0.2) is 0 Å². The summed E-state index contributed by atoms with van der Waals surface area (Å²) in [6.45, 7) is 0. The molecule has 2 aromatic carbocycles. The Hall–Kier alpha value is -1.78. The van der Waals surface area contributed by atoms with Gasteiger partial charge in [-0.3, -0.25) is 9.79 Å². The van der Waals surface area contributed by atoms with Crippen LogP contribution in [0.15, 0.2) is 47.5 Å². The van der Waals surface area contributed by atoms with Gasteiger partial charge in [0.15, 0.2) is 0 Å². The third kappa shape index (κ3) is 3.14. The number of nitrogens with zero attached hydrogens (tertiary/aromatic N) is 2. The number of rotatable bonds is 2. The molecule has 1 unspecified atom stereocenters. The molecule has 1 aliphatic heterocycles. The molecular weight excluding hydrogens is 330 g/mol. The second-order valence-electron chi connectivity index (χ2n) is 5.63. The summed E-state index contributed by atoms with van der Waals surface area (Å²) < 4.78 is 0. The summed E-state index contributed by atoms with van der Waals surface area (Å²) in [4.78, 5) is 18.8. The molecular formula is C17H15BCl2N2O. The Balaban J connectivity index is 2.01. The van der Waals surface area contributed by atoms with Crippen molar-refractivity contribution in [3.05, 3.63) is 58.6 Å². The van der Waals surface area contributed by atoms with Crippen LogP contribution in [-0.4, -0.2) is 32.0 Å². The number of hydrogen-bond acceptors (Lipinski definition) is 2. The predicted octanol–water partition coefficient (Wildman–Crippen LogP) is 2.17. The fraction of sp³-hybridized carbons (Fsp3) is 0.176. The van der Waals surface area contributed by atoms with Crippen LogP contribution < -0.4 is 10.4 Å². The average Bonchev–Trinajstić information content (AvgIpc) is 2.61. The highest BCUT2D eigenvalue weighted by atomic mass is 35.5. The smallest absolute Gasteiger partial charge is 0.251 e. The molecule has 0 radical (unpaired) electrons. The van der Waals surface area contributed by atoms with Crippen molar-refractivity contribution < 1.29 is 4.79 Å². The zero-order valence-corrected chi connectivity index (χ0v) is 14.4. The lowest BCUT2D eigenvalue weighted by molar-refractivity contribution is -0.119. The summed E-state index contributed by atoms with van der Waals surface area (Å²) in [5.74, 6) is -0.0764. The minimum Gasteiger partial charge on any atom is -0.313 e. The van der Waals surface area contributed by atoms with Crippen LogP contribution in [0.2, 0.25) is 5.02 Å². The van der Waals surface area contributed by atoms with E-state index in [2.05, 4.69) is 4.99 Å². The molecule has 1 atom stereocenters.